The van der Waals surface area contributed by atoms with E-state index in [1.165, 1.54) is 12.8 Å². The molecule has 1 aliphatic heterocycles. The molecule has 7 nitrogen and oxygen atoms in total. The zero-order chi connectivity index (χ0) is 19.0. The van der Waals surface area contributed by atoms with E-state index < -0.39 is 12.1 Å². The van der Waals surface area contributed by atoms with Crippen molar-refractivity contribution in [3.8, 4) is 11.5 Å². The summed E-state index contributed by atoms with van der Waals surface area (Å²) in [5.74, 6) is 0.920. The number of nitrogens with zero attached hydrogens (tertiary/aromatic N) is 1. The van der Waals surface area contributed by atoms with E-state index in [9.17, 15) is 9.59 Å². The molecule has 2 aliphatic carbocycles. The minimum atomic E-state index is -0.789. The van der Waals surface area contributed by atoms with Crippen LogP contribution in [-0.4, -0.2) is 59.3 Å². The number of carboxylic acid groups (broad SMARTS) is 1. The van der Waals surface area contributed by atoms with Crippen LogP contribution in [0.1, 0.15) is 32.6 Å². The highest BCUT2D eigenvalue weighted by Crippen LogP contribution is 2.35. The van der Waals surface area contributed by atoms with Crippen LogP contribution in [0, 0.1) is 5.92 Å². The summed E-state index contributed by atoms with van der Waals surface area (Å²) in [7, 11) is 0. The van der Waals surface area contributed by atoms with Gasteiger partial charge < -0.3 is 19.9 Å². The third kappa shape index (κ3) is 4.18. The Morgan fingerprint density at radius 3 is 2.48 bits per heavy atom. The molecular formula is C20H26N2O5. The number of carbonyl (C=O) groups excluding carboxylic acids is 1. The van der Waals surface area contributed by atoms with E-state index in [2.05, 4.69) is 10.2 Å². The molecule has 0 aromatic heterocycles. The van der Waals surface area contributed by atoms with Gasteiger partial charge in [-0.1, -0.05) is 12.1 Å². The largest absolute Gasteiger partial charge is 0.482 e. The molecule has 3 aliphatic rings. The van der Waals surface area contributed by atoms with Gasteiger partial charge in [0.2, 0.25) is 6.10 Å². The first-order valence-corrected chi connectivity index (χ1v) is 9.68. The summed E-state index contributed by atoms with van der Waals surface area (Å²) in [5, 5.41) is 12.2. The molecule has 7 heteroatoms. The molecule has 2 fully saturated rings. The van der Waals surface area contributed by atoms with E-state index in [1.807, 2.05) is 25.1 Å². The Hall–Kier alpha value is -2.28. The highest BCUT2D eigenvalue weighted by atomic mass is 16.6. The van der Waals surface area contributed by atoms with Crippen LogP contribution in [0.5, 0.6) is 11.5 Å². The van der Waals surface area contributed by atoms with Gasteiger partial charge in [0, 0.05) is 18.6 Å². The number of benzene rings is 1. The quantitative estimate of drug-likeness (QED) is 0.755. The smallest absolute Gasteiger partial charge is 0.317 e. The van der Waals surface area contributed by atoms with Crippen LogP contribution in [0.25, 0.3) is 0 Å². The molecule has 2 N–H and O–H groups in total. The van der Waals surface area contributed by atoms with Crippen molar-refractivity contribution >= 4 is 11.9 Å². The summed E-state index contributed by atoms with van der Waals surface area (Å²) in [5.41, 5.74) is 0. The Morgan fingerprint density at radius 2 is 1.85 bits per heavy atom. The minimum Gasteiger partial charge on any atom is -0.482 e. The van der Waals surface area contributed by atoms with Gasteiger partial charge >= 0.3 is 5.97 Å². The van der Waals surface area contributed by atoms with Crippen LogP contribution in [0.3, 0.4) is 0 Å². The number of hydrogen-bond acceptors (Lipinski definition) is 5. The lowest BCUT2D eigenvalue weighted by atomic mass is 9.85. The number of aliphatic carboxylic acids is 1. The third-order valence-electron chi connectivity index (χ3n) is 5.60. The van der Waals surface area contributed by atoms with Crippen molar-refractivity contribution in [1.82, 2.24) is 10.2 Å². The maximum Gasteiger partial charge on any atom is 0.317 e. The maximum absolute atomic E-state index is 12.6. The minimum absolute atomic E-state index is 0.0611. The fourth-order valence-corrected chi connectivity index (χ4v) is 3.84. The van der Waals surface area contributed by atoms with Crippen molar-refractivity contribution in [3.63, 3.8) is 0 Å². The van der Waals surface area contributed by atoms with Gasteiger partial charge in [0.25, 0.3) is 5.91 Å². The van der Waals surface area contributed by atoms with Gasteiger partial charge in [-0.2, -0.15) is 0 Å². The molecule has 1 amide bonds. The molecule has 0 radical (unpaired) electrons. The Labute approximate surface area is 158 Å². The van der Waals surface area contributed by atoms with E-state index in [-0.39, 0.29) is 30.6 Å². The lowest BCUT2D eigenvalue weighted by molar-refractivity contribution is -0.141. The van der Waals surface area contributed by atoms with Crippen LogP contribution in [0.15, 0.2) is 24.3 Å². The molecule has 1 aromatic carbocycles. The zero-order valence-corrected chi connectivity index (χ0v) is 15.5. The summed E-state index contributed by atoms with van der Waals surface area (Å²) < 4.78 is 11.6. The van der Waals surface area contributed by atoms with Crippen molar-refractivity contribution < 1.29 is 24.2 Å². The summed E-state index contributed by atoms with van der Waals surface area (Å²) in [6.07, 6.45) is 2.91. The number of fused-ring (bicyclic) bond motifs is 1. The van der Waals surface area contributed by atoms with Crippen molar-refractivity contribution in [2.45, 2.75) is 56.9 Å². The van der Waals surface area contributed by atoms with Crippen molar-refractivity contribution in [2.24, 2.45) is 5.92 Å². The number of carbonyl (C=O) groups is 2. The molecular weight excluding hydrogens is 348 g/mol. The van der Waals surface area contributed by atoms with E-state index >= 15 is 0 Å². The van der Waals surface area contributed by atoms with Crippen LogP contribution < -0.4 is 14.8 Å². The average Bonchev–Trinajstić information content (AvgIpc) is 3.40. The molecule has 1 heterocycles. The molecule has 0 bridgehead atoms. The first-order chi connectivity index (χ1) is 13.0. The Bertz CT molecular complexity index is 714. The van der Waals surface area contributed by atoms with Crippen LogP contribution in [0.4, 0.5) is 0 Å². The molecule has 1 aromatic rings. The molecule has 0 spiro atoms. The zero-order valence-electron chi connectivity index (χ0n) is 15.5. The van der Waals surface area contributed by atoms with Crippen molar-refractivity contribution in [2.75, 3.05) is 13.1 Å². The number of hydrogen-bond donors (Lipinski definition) is 2. The summed E-state index contributed by atoms with van der Waals surface area (Å²) >= 11 is 0. The highest BCUT2D eigenvalue weighted by molar-refractivity contribution is 5.82. The van der Waals surface area contributed by atoms with Gasteiger partial charge in [0.15, 0.2) is 11.5 Å². The third-order valence-corrected chi connectivity index (χ3v) is 5.60. The molecule has 0 saturated heterocycles. The normalized spacial score (nSPS) is 29.1. The second kappa shape index (κ2) is 7.38. The first-order valence-electron chi connectivity index (χ1n) is 9.68. The highest BCUT2D eigenvalue weighted by Gasteiger charge is 2.40. The summed E-state index contributed by atoms with van der Waals surface area (Å²) in [4.78, 5) is 25.8. The standard InChI is InChI=1S/C20H26N2O5/c1-12-19(27-17-5-3-2-4-16(17)26-12)20(25)21-14-8-15(9-14)22(11-18(23)24)10-13-6-7-13/h2-5,12-15,19H,6-11H2,1H3,(H,21,25)(H,23,24). The van der Waals surface area contributed by atoms with E-state index in [4.69, 9.17) is 14.6 Å². The number of para-hydroxylation sites is 2. The topological polar surface area (TPSA) is 88.1 Å². The van der Waals surface area contributed by atoms with Gasteiger partial charge in [-0.05, 0) is 50.7 Å². The van der Waals surface area contributed by atoms with Crippen LogP contribution in [0.2, 0.25) is 0 Å². The lowest BCUT2D eigenvalue weighted by Crippen LogP contribution is -2.58. The lowest BCUT2D eigenvalue weighted by Gasteiger charge is -2.43. The number of ether oxygens (including phenoxy) is 2. The van der Waals surface area contributed by atoms with Gasteiger partial charge in [-0.15, -0.1) is 0 Å². The van der Waals surface area contributed by atoms with Crippen LogP contribution in [-0.2, 0) is 9.59 Å². The second-order valence-corrected chi connectivity index (χ2v) is 7.91. The van der Waals surface area contributed by atoms with Gasteiger partial charge in [0.1, 0.15) is 6.10 Å². The molecule has 2 saturated carbocycles. The summed E-state index contributed by atoms with van der Waals surface area (Å²) in [6, 6.07) is 7.63. The number of nitrogens with one attached hydrogen (secondary N) is 1. The molecule has 2 unspecified atom stereocenters. The SMILES string of the molecule is CC1Oc2ccccc2OC1C(=O)NC1CC(N(CC(=O)O)CC2CC2)C1. The number of rotatable bonds is 7. The van der Waals surface area contributed by atoms with Gasteiger partial charge in [-0.3, -0.25) is 14.5 Å². The van der Waals surface area contributed by atoms with E-state index in [0.29, 0.717) is 17.4 Å². The monoisotopic (exact) mass is 374 g/mol. The summed E-state index contributed by atoms with van der Waals surface area (Å²) in [6.45, 7) is 2.76. The van der Waals surface area contributed by atoms with E-state index in [1.54, 1.807) is 6.07 Å². The predicted octanol–water partition coefficient (Wildman–Crippen LogP) is 1.66. The number of carboxylic acids is 1. The van der Waals surface area contributed by atoms with Gasteiger partial charge in [-0.25, -0.2) is 0 Å². The second-order valence-electron chi connectivity index (χ2n) is 7.91. The fourth-order valence-electron chi connectivity index (χ4n) is 3.84. The van der Waals surface area contributed by atoms with Crippen LogP contribution >= 0.6 is 0 Å². The van der Waals surface area contributed by atoms with Crippen molar-refractivity contribution in [3.05, 3.63) is 24.3 Å². The maximum atomic E-state index is 12.6. The Kier molecular flexibility index (Phi) is 4.95. The first kappa shape index (κ1) is 18.1. The molecule has 27 heavy (non-hydrogen) atoms. The average molecular weight is 374 g/mol. The predicted molar refractivity (Wildman–Crippen MR) is 97.8 cm³/mol. The Balaban J connectivity index is 1.29. The molecule has 4 rings (SSSR count). The number of amides is 1. The molecule has 146 valence electrons. The van der Waals surface area contributed by atoms with E-state index in [0.717, 1.165) is 19.4 Å². The molecule has 2 atom stereocenters. The van der Waals surface area contributed by atoms with Crippen molar-refractivity contribution in [1.29, 1.82) is 0 Å². The Morgan fingerprint density at radius 1 is 1.19 bits per heavy atom. The van der Waals surface area contributed by atoms with Gasteiger partial charge in [0.05, 0.1) is 6.54 Å². The fraction of sp³-hybridized carbons (Fsp3) is 0.600.